The van der Waals surface area contributed by atoms with Gasteiger partial charge in [-0.2, -0.15) is 0 Å². The molecule has 0 saturated carbocycles. The van der Waals surface area contributed by atoms with Crippen LogP contribution in [0, 0.1) is 6.92 Å². The summed E-state index contributed by atoms with van der Waals surface area (Å²) in [5.74, 6) is -0.567. The Bertz CT molecular complexity index is 1200. The van der Waals surface area contributed by atoms with Gasteiger partial charge in [-0.1, -0.05) is 23.4 Å². The normalized spacial score (nSPS) is 10.6. The maximum atomic E-state index is 12.3. The van der Waals surface area contributed by atoms with Gasteiger partial charge in [0.2, 0.25) is 5.91 Å². The molecular weight excluding hydrogens is 406 g/mol. The van der Waals surface area contributed by atoms with Crippen LogP contribution in [-0.2, 0) is 4.79 Å². The number of benzene rings is 1. The van der Waals surface area contributed by atoms with E-state index < -0.39 is 17.2 Å². The molecule has 2 aromatic heterocycles. The maximum Gasteiger partial charge on any atom is 0.334 e. The quantitative estimate of drug-likeness (QED) is 0.422. The Balaban J connectivity index is 1.84. The number of aromatic nitrogens is 4. The molecule has 1 amide bonds. The van der Waals surface area contributed by atoms with Crippen LogP contribution in [0.3, 0.4) is 0 Å². The number of anilines is 1. The molecule has 0 spiro atoms. The number of carbonyl (C=O) groups excluding carboxylic acids is 1. The zero-order chi connectivity index (χ0) is 20.3. The van der Waals surface area contributed by atoms with Crippen molar-refractivity contribution in [3.8, 4) is 5.69 Å². The Morgan fingerprint density at radius 2 is 1.82 bits per heavy atom. The molecule has 11 heteroatoms. The summed E-state index contributed by atoms with van der Waals surface area (Å²) in [5, 5.41) is 3.30. The number of rotatable bonds is 5. The molecule has 3 aromatic rings. The fourth-order valence-electron chi connectivity index (χ4n) is 2.37. The van der Waals surface area contributed by atoms with Crippen LogP contribution in [0.15, 0.2) is 55.9 Å². The Hall–Kier alpha value is -3.11. The van der Waals surface area contributed by atoms with E-state index in [0.29, 0.717) is 21.6 Å². The number of H-pyrrole nitrogens is 2. The molecular formula is C17H14ClN5O4S. The minimum Gasteiger partial charge on any atom is -0.311 e. The van der Waals surface area contributed by atoms with E-state index in [-0.39, 0.29) is 17.1 Å². The van der Waals surface area contributed by atoms with Gasteiger partial charge in [-0.05, 0) is 31.2 Å². The third-order valence-electron chi connectivity index (χ3n) is 3.48. The van der Waals surface area contributed by atoms with Crippen LogP contribution in [0.1, 0.15) is 5.69 Å². The first kappa shape index (κ1) is 19.6. The SMILES string of the molecule is Cc1cc(=O)[nH]c(SCC(=O)Nc2cc(=O)[nH]c(=O)n2-c2ccc(Cl)cc2)n1. The van der Waals surface area contributed by atoms with Crippen molar-refractivity contribution < 1.29 is 4.79 Å². The number of amides is 1. The summed E-state index contributed by atoms with van der Waals surface area (Å²) in [6.45, 7) is 1.67. The average molecular weight is 420 g/mol. The molecule has 9 nitrogen and oxygen atoms in total. The van der Waals surface area contributed by atoms with E-state index >= 15 is 0 Å². The van der Waals surface area contributed by atoms with Crippen molar-refractivity contribution in [1.82, 2.24) is 19.5 Å². The monoisotopic (exact) mass is 419 g/mol. The minimum atomic E-state index is -0.706. The topological polar surface area (TPSA) is 130 Å². The Labute approximate surface area is 166 Å². The van der Waals surface area contributed by atoms with E-state index in [1.165, 1.54) is 6.07 Å². The second-order valence-corrected chi connectivity index (χ2v) is 7.07. The molecule has 144 valence electrons. The Kier molecular flexibility index (Phi) is 5.81. The van der Waals surface area contributed by atoms with Crippen molar-refractivity contribution in [2.24, 2.45) is 0 Å². The summed E-state index contributed by atoms with van der Waals surface area (Å²) >= 11 is 6.88. The van der Waals surface area contributed by atoms with Gasteiger partial charge in [0.15, 0.2) is 5.16 Å². The second-order valence-electron chi connectivity index (χ2n) is 5.66. The third kappa shape index (κ3) is 4.78. The van der Waals surface area contributed by atoms with Crippen molar-refractivity contribution in [3.63, 3.8) is 0 Å². The fraction of sp³-hybridized carbons (Fsp3) is 0.118. The number of nitrogens with zero attached hydrogens (tertiary/aromatic N) is 2. The summed E-state index contributed by atoms with van der Waals surface area (Å²) in [4.78, 5) is 56.5. The first-order valence-corrected chi connectivity index (χ1v) is 9.31. The molecule has 0 saturated heterocycles. The molecule has 0 bridgehead atoms. The van der Waals surface area contributed by atoms with Crippen LogP contribution in [0.25, 0.3) is 5.69 Å². The summed E-state index contributed by atoms with van der Waals surface area (Å²) in [7, 11) is 0. The predicted molar refractivity (Wildman–Crippen MR) is 107 cm³/mol. The molecule has 0 fully saturated rings. The van der Waals surface area contributed by atoms with Gasteiger partial charge in [0.1, 0.15) is 5.82 Å². The summed E-state index contributed by atoms with van der Waals surface area (Å²) in [5.41, 5.74) is -0.733. The second kappa shape index (κ2) is 8.28. The molecule has 1 aromatic carbocycles. The average Bonchev–Trinajstić information content (AvgIpc) is 2.60. The molecule has 0 aliphatic carbocycles. The van der Waals surface area contributed by atoms with Crippen molar-refractivity contribution in [1.29, 1.82) is 0 Å². The zero-order valence-corrected chi connectivity index (χ0v) is 16.1. The summed E-state index contributed by atoms with van der Waals surface area (Å²) in [6.07, 6.45) is 0. The van der Waals surface area contributed by atoms with E-state index in [1.807, 2.05) is 0 Å². The lowest BCUT2D eigenvalue weighted by Crippen LogP contribution is -2.32. The van der Waals surface area contributed by atoms with E-state index in [1.54, 1.807) is 31.2 Å². The van der Waals surface area contributed by atoms with Gasteiger partial charge >= 0.3 is 5.69 Å². The van der Waals surface area contributed by atoms with Crippen LogP contribution in [0.2, 0.25) is 5.02 Å². The van der Waals surface area contributed by atoms with E-state index in [4.69, 9.17) is 11.6 Å². The van der Waals surface area contributed by atoms with Gasteiger partial charge in [-0.25, -0.2) is 14.3 Å². The first-order valence-electron chi connectivity index (χ1n) is 7.95. The number of hydrogen-bond acceptors (Lipinski definition) is 6. The number of carbonyl (C=O) groups is 1. The van der Waals surface area contributed by atoms with Crippen LogP contribution < -0.4 is 22.1 Å². The third-order valence-corrected chi connectivity index (χ3v) is 4.61. The highest BCUT2D eigenvalue weighted by atomic mass is 35.5. The highest BCUT2D eigenvalue weighted by molar-refractivity contribution is 7.99. The van der Waals surface area contributed by atoms with Gasteiger partial charge in [-0.3, -0.25) is 19.4 Å². The van der Waals surface area contributed by atoms with Crippen molar-refractivity contribution in [3.05, 3.63) is 78.3 Å². The number of nitrogens with one attached hydrogen (secondary N) is 3. The van der Waals surface area contributed by atoms with Crippen molar-refractivity contribution in [2.75, 3.05) is 11.1 Å². The van der Waals surface area contributed by atoms with Gasteiger partial charge in [0.25, 0.3) is 11.1 Å². The Morgan fingerprint density at radius 3 is 2.50 bits per heavy atom. The number of halogens is 1. The fourth-order valence-corrected chi connectivity index (χ4v) is 3.21. The largest absolute Gasteiger partial charge is 0.334 e. The van der Waals surface area contributed by atoms with Crippen LogP contribution in [0.4, 0.5) is 5.82 Å². The molecule has 2 heterocycles. The predicted octanol–water partition coefficient (Wildman–Crippen LogP) is 1.30. The van der Waals surface area contributed by atoms with Crippen LogP contribution in [0.5, 0.6) is 0 Å². The molecule has 0 unspecified atom stereocenters. The molecule has 0 atom stereocenters. The van der Waals surface area contributed by atoms with E-state index in [0.717, 1.165) is 22.4 Å². The number of thioether (sulfide) groups is 1. The van der Waals surface area contributed by atoms with Gasteiger partial charge in [-0.15, -0.1) is 0 Å². The number of hydrogen-bond donors (Lipinski definition) is 3. The van der Waals surface area contributed by atoms with E-state index in [2.05, 4.69) is 20.3 Å². The molecule has 3 N–H and O–H groups in total. The highest BCUT2D eigenvalue weighted by Gasteiger charge is 2.12. The standard InChI is InChI=1S/C17H14ClN5O4S/c1-9-6-13(24)21-16(19-9)28-8-15(26)20-12-7-14(25)22-17(27)23(12)11-4-2-10(18)3-5-11/h2-7H,8H2,1H3,(H,20,26)(H,19,21,24)(H,22,25,27). The van der Waals surface area contributed by atoms with Gasteiger partial charge in [0, 0.05) is 22.8 Å². The number of aryl methyl sites for hydroxylation is 1. The highest BCUT2D eigenvalue weighted by Crippen LogP contribution is 2.16. The van der Waals surface area contributed by atoms with Crippen molar-refractivity contribution in [2.45, 2.75) is 12.1 Å². The van der Waals surface area contributed by atoms with Crippen molar-refractivity contribution >= 4 is 35.1 Å². The first-order chi connectivity index (χ1) is 13.3. The van der Waals surface area contributed by atoms with Gasteiger partial charge < -0.3 is 10.3 Å². The maximum absolute atomic E-state index is 12.3. The lowest BCUT2D eigenvalue weighted by atomic mass is 10.3. The zero-order valence-electron chi connectivity index (χ0n) is 14.5. The van der Waals surface area contributed by atoms with Crippen LogP contribution >= 0.6 is 23.4 Å². The van der Waals surface area contributed by atoms with E-state index in [9.17, 15) is 19.2 Å². The molecule has 28 heavy (non-hydrogen) atoms. The molecule has 3 rings (SSSR count). The summed E-state index contributed by atoms with van der Waals surface area (Å²) < 4.78 is 1.15. The molecule has 0 radical (unpaired) electrons. The van der Waals surface area contributed by atoms with Crippen LogP contribution in [-0.4, -0.2) is 31.2 Å². The number of aromatic amines is 2. The molecule has 0 aliphatic rings. The lowest BCUT2D eigenvalue weighted by molar-refractivity contribution is -0.113. The smallest absolute Gasteiger partial charge is 0.311 e. The lowest BCUT2D eigenvalue weighted by Gasteiger charge is -2.13. The Morgan fingerprint density at radius 1 is 1.14 bits per heavy atom. The van der Waals surface area contributed by atoms with Gasteiger partial charge in [0.05, 0.1) is 11.4 Å². The molecule has 0 aliphatic heterocycles. The minimum absolute atomic E-state index is 0.00682. The summed E-state index contributed by atoms with van der Waals surface area (Å²) in [6, 6.07) is 8.75.